The molecule has 0 aromatic carbocycles. The number of hydrogen-bond acceptors (Lipinski definition) is 4. The third-order valence-electron chi connectivity index (χ3n) is 4.98. The monoisotopic (exact) mass is 304 g/mol. The van der Waals surface area contributed by atoms with Crippen LogP contribution >= 0.6 is 0 Å². The van der Waals surface area contributed by atoms with Gasteiger partial charge in [-0.25, -0.2) is 0 Å². The van der Waals surface area contributed by atoms with Crippen molar-refractivity contribution < 1.29 is 14.6 Å². The smallest absolute Gasteiger partial charge is 0.255 e. The van der Waals surface area contributed by atoms with Gasteiger partial charge in [0.2, 0.25) is 0 Å². The zero-order valence-corrected chi connectivity index (χ0v) is 13.3. The van der Waals surface area contributed by atoms with Gasteiger partial charge < -0.3 is 14.7 Å². The maximum absolute atomic E-state index is 12.6. The third-order valence-corrected chi connectivity index (χ3v) is 4.98. The van der Waals surface area contributed by atoms with Crippen LogP contribution in [-0.4, -0.2) is 51.8 Å². The molecule has 2 aliphatic rings. The van der Waals surface area contributed by atoms with Crippen LogP contribution in [-0.2, 0) is 4.74 Å². The Kier molecular flexibility index (Phi) is 3.95. The number of piperidine rings is 1. The van der Waals surface area contributed by atoms with E-state index in [-0.39, 0.29) is 11.5 Å². The molecule has 1 unspecified atom stereocenters. The van der Waals surface area contributed by atoms with Gasteiger partial charge in [0.1, 0.15) is 0 Å². The Hall–Kier alpha value is -1.46. The van der Waals surface area contributed by atoms with E-state index in [4.69, 9.17) is 4.74 Å². The Balaban J connectivity index is 1.67. The van der Waals surface area contributed by atoms with Crippen molar-refractivity contribution in [2.45, 2.75) is 50.7 Å². The Morgan fingerprint density at radius 3 is 2.73 bits per heavy atom. The molecule has 1 spiro atoms. The van der Waals surface area contributed by atoms with E-state index in [0.29, 0.717) is 38.1 Å². The maximum Gasteiger partial charge on any atom is 0.255 e. The number of amides is 1. The van der Waals surface area contributed by atoms with E-state index in [1.165, 1.54) is 0 Å². The highest BCUT2D eigenvalue weighted by molar-refractivity contribution is 5.95. The molecule has 2 aliphatic heterocycles. The van der Waals surface area contributed by atoms with Gasteiger partial charge in [0.25, 0.3) is 5.91 Å². The number of ether oxygens (including phenoxy) is 1. The summed E-state index contributed by atoms with van der Waals surface area (Å²) in [4.78, 5) is 18.6. The summed E-state index contributed by atoms with van der Waals surface area (Å²) in [6.45, 7) is 5.75. The van der Waals surface area contributed by atoms with E-state index >= 15 is 0 Å². The Bertz CT molecular complexity index is 563. The average molecular weight is 304 g/mol. The van der Waals surface area contributed by atoms with Crippen LogP contribution in [0.15, 0.2) is 18.5 Å². The second-order valence-electron chi connectivity index (χ2n) is 6.94. The van der Waals surface area contributed by atoms with Crippen molar-refractivity contribution >= 4 is 5.91 Å². The Morgan fingerprint density at radius 1 is 1.36 bits per heavy atom. The Morgan fingerprint density at radius 2 is 2.09 bits per heavy atom. The summed E-state index contributed by atoms with van der Waals surface area (Å²) in [7, 11) is 0. The van der Waals surface area contributed by atoms with E-state index in [2.05, 4.69) is 4.98 Å². The molecule has 1 atom stereocenters. The molecule has 3 rings (SSSR count). The number of rotatable bonds is 1. The number of aromatic nitrogens is 1. The average Bonchev–Trinajstić information content (AvgIpc) is 2.47. The first-order valence-electron chi connectivity index (χ1n) is 7.97. The van der Waals surface area contributed by atoms with Crippen molar-refractivity contribution in [3.05, 3.63) is 29.6 Å². The number of pyridine rings is 1. The summed E-state index contributed by atoms with van der Waals surface area (Å²) >= 11 is 0. The first-order chi connectivity index (χ1) is 10.4. The fraction of sp³-hybridized carbons (Fsp3) is 0.647. The van der Waals surface area contributed by atoms with Crippen molar-refractivity contribution in [1.29, 1.82) is 0 Å². The minimum absolute atomic E-state index is 0.0445. The molecule has 0 radical (unpaired) electrons. The fourth-order valence-corrected chi connectivity index (χ4v) is 3.62. The molecule has 5 heteroatoms. The normalized spacial score (nSPS) is 27.9. The van der Waals surface area contributed by atoms with Crippen molar-refractivity contribution in [3.63, 3.8) is 0 Å². The van der Waals surface area contributed by atoms with Crippen molar-refractivity contribution in [3.8, 4) is 0 Å². The van der Waals surface area contributed by atoms with Crippen LogP contribution in [0.2, 0.25) is 0 Å². The summed E-state index contributed by atoms with van der Waals surface area (Å²) in [5, 5.41) is 10.3. The molecular weight excluding hydrogens is 280 g/mol. The second-order valence-corrected chi connectivity index (χ2v) is 6.94. The molecule has 120 valence electrons. The summed E-state index contributed by atoms with van der Waals surface area (Å²) in [5.41, 5.74) is 0.722. The summed E-state index contributed by atoms with van der Waals surface area (Å²) in [6, 6.07) is 1.86. The number of aryl methyl sites for hydroxylation is 1. The predicted octanol–water partition coefficient (Wildman–Crippen LogP) is 1.93. The van der Waals surface area contributed by atoms with Crippen LogP contribution < -0.4 is 0 Å². The van der Waals surface area contributed by atoms with E-state index in [9.17, 15) is 9.90 Å². The Labute approximate surface area is 131 Å². The van der Waals surface area contributed by atoms with E-state index in [1.807, 2.05) is 24.8 Å². The second kappa shape index (κ2) is 5.63. The minimum Gasteiger partial charge on any atom is -0.390 e. The number of carbonyl (C=O) groups is 1. The van der Waals surface area contributed by atoms with Crippen LogP contribution in [0, 0.1) is 6.92 Å². The fourth-order valence-electron chi connectivity index (χ4n) is 3.62. The van der Waals surface area contributed by atoms with E-state index in [1.54, 1.807) is 12.4 Å². The number of aliphatic hydroxyl groups is 1. The van der Waals surface area contributed by atoms with Gasteiger partial charge >= 0.3 is 0 Å². The molecule has 1 aromatic rings. The van der Waals surface area contributed by atoms with Crippen LogP contribution in [0.3, 0.4) is 0 Å². The van der Waals surface area contributed by atoms with Gasteiger partial charge in [0.15, 0.2) is 0 Å². The standard InChI is InChI=1S/C17H24N2O3/c1-13-3-7-18-11-14(13)15(20)19-8-4-17(5-9-19)12-16(2,21)6-10-22-17/h3,7,11,21H,4-6,8-10,12H2,1-2H3. The lowest BCUT2D eigenvalue weighted by molar-refractivity contribution is -0.170. The summed E-state index contributed by atoms with van der Waals surface area (Å²) in [5.74, 6) is 0.0445. The summed E-state index contributed by atoms with van der Waals surface area (Å²) < 4.78 is 5.99. The topological polar surface area (TPSA) is 62.7 Å². The van der Waals surface area contributed by atoms with Crippen LogP contribution in [0.5, 0.6) is 0 Å². The van der Waals surface area contributed by atoms with Crippen molar-refractivity contribution in [2.24, 2.45) is 0 Å². The molecule has 3 heterocycles. The molecule has 1 N–H and O–H groups in total. The van der Waals surface area contributed by atoms with Crippen LogP contribution in [0.1, 0.15) is 48.5 Å². The van der Waals surface area contributed by atoms with Crippen molar-refractivity contribution in [1.82, 2.24) is 9.88 Å². The third kappa shape index (κ3) is 3.01. The van der Waals surface area contributed by atoms with Gasteiger partial charge in [0.05, 0.1) is 23.4 Å². The van der Waals surface area contributed by atoms with Gasteiger partial charge in [0, 0.05) is 31.9 Å². The maximum atomic E-state index is 12.6. The first kappa shape index (κ1) is 15.4. The van der Waals surface area contributed by atoms with Gasteiger partial charge in [-0.2, -0.15) is 0 Å². The van der Waals surface area contributed by atoms with E-state index < -0.39 is 5.60 Å². The van der Waals surface area contributed by atoms with Gasteiger partial charge in [-0.3, -0.25) is 9.78 Å². The largest absolute Gasteiger partial charge is 0.390 e. The van der Waals surface area contributed by atoms with Gasteiger partial charge in [-0.1, -0.05) is 0 Å². The predicted molar refractivity (Wildman–Crippen MR) is 82.7 cm³/mol. The zero-order chi connectivity index (χ0) is 15.8. The highest BCUT2D eigenvalue weighted by Crippen LogP contribution is 2.39. The molecule has 22 heavy (non-hydrogen) atoms. The molecule has 5 nitrogen and oxygen atoms in total. The van der Waals surface area contributed by atoms with Gasteiger partial charge in [-0.05, 0) is 44.7 Å². The molecule has 2 fully saturated rings. The number of hydrogen-bond donors (Lipinski definition) is 1. The minimum atomic E-state index is -0.648. The van der Waals surface area contributed by atoms with Crippen molar-refractivity contribution in [2.75, 3.05) is 19.7 Å². The molecular formula is C17H24N2O3. The zero-order valence-electron chi connectivity index (χ0n) is 13.3. The highest BCUT2D eigenvalue weighted by Gasteiger charge is 2.45. The van der Waals surface area contributed by atoms with Gasteiger partial charge in [-0.15, -0.1) is 0 Å². The first-order valence-corrected chi connectivity index (χ1v) is 7.97. The van der Waals surface area contributed by atoms with Crippen LogP contribution in [0.4, 0.5) is 0 Å². The quantitative estimate of drug-likeness (QED) is 0.861. The molecule has 2 saturated heterocycles. The number of nitrogens with zero attached hydrogens (tertiary/aromatic N) is 2. The van der Waals surface area contributed by atoms with Crippen LogP contribution in [0.25, 0.3) is 0 Å². The SMILES string of the molecule is Cc1ccncc1C(=O)N1CCC2(CC1)CC(C)(O)CCO2. The lowest BCUT2D eigenvalue weighted by atomic mass is 9.78. The number of carbonyl (C=O) groups excluding carboxylic acids is 1. The number of likely N-dealkylation sites (tertiary alicyclic amines) is 1. The lowest BCUT2D eigenvalue weighted by Gasteiger charge is -2.48. The molecule has 1 amide bonds. The van der Waals surface area contributed by atoms with E-state index in [0.717, 1.165) is 18.4 Å². The molecule has 0 aliphatic carbocycles. The lowest BCUT2D eigenvalue weighted by Crippen LogP contribution is -2.54. The summed E-state index contributed by atoms with van der Waals surface area (Å²) in [6.07, 6.45) is 6.27. The molecule has 0 saturated carbocycles. The molecule has 0 bridgehead atoms. The highest BCUT2D eigenvalue weighted by atomic mass is 16.5. The molecule has 1 aromatic heterocycles.